The van der Waals surface area contributed by atoms with Gasteiger partial charge in [-0.3, -0.25) is 19.4 Å². The molecule has 0 aliphatic heterocycles. The van der Waals surface area contributed by atoms with Gasteiger partial charge in [0.1, 0.15) is 0 Å². The van der Waals surface area contributed by atoms with Crippen LogP contribution < -0.4 is 16.9 Å². The Morgan fingerprint density at radius 3 is 2.79 bits per heavy atom. The number of aryl methyl sites for hydroxylation is 2. The summed E-state index contributed by atoms with van der Waals surface area (Å²) in [5.74, 6) is 0. The molecule has 100 valence electrons. The fourth-order valence-corrected chi connectivity index (χ4v) is 2.51. The van der Waals surface area contributed by atoms with Crippen molar-refractivity contribution in [2.45, 2.75) is 23.5 Å². The largest absolute Gasteiger partial charge is 0.339 e. The topological polar surface area (TPSA) is 93.8 Å². The maximum absolute atomic E-state index is 11.3. The number of benzene rings is 1. The monoisotopic (exact) mass is 278 g/mol. The summed E-state index contributed by atoms with van der Waals surface area (Å²) >= 11 is 1.31. The molecule has 2 aromatic rings. The summed E-state index contributed by atoms with van der Waals surface area (Å²) in [6, 6.07) is 5.84. The smallest absolute Gasteiger partial charge is 0.326 e. The number of rotatable bonds is 3. The molecule has 0 unspecified atom stereocenters. The van der Waals surface area contributed by atoms with Crippen LogP contribution in [0.3, 0.4) is 0 Å². The van der Waals surface area contributed by atoms with Gasteiger partial charge in [-0.2, -0.15) is 4.98 Å². The van der Waals surface area contributed by atoms with Gasteiger partial charge < -0.3 is 5.73 Å². The van der Waals surface area contributed by atoms with Crippen molar-refractivity contribution < 1.29 is 0 Å². The summed E-state index contributed by atoms with van der Waals surface area (Å²) in [5.41, 5.74) is 6.27. The molecule has 0 amide bonds. The zero-order chi connectivity index (χ0) is 14.0. The summed E-state index contributed by atoms with van der Waals surface area (Å²) in [6.45, 7) is 2.47. The minimum atomic E-state index is -0.782. The molecular formula is C12H14N4O2S. The number of hydrogen-bond acceptors (Lipinski definition) is 5. The molecule has 0 atom stereocenters. The van der Waals surface area contributed by atoms with Crippen molar-refractivity contribution >= 4 is 11.8 Å². The highest BCUT2D eigenvalue weighted by atomic mass is 32.2. The number of hydrogen-bond donors (Lipinski definition) is 2. The second-order valence-electron chi connectivity index (χ2n) is 4.09. The van der Waals surface area contributed by atoms with E-state index < -0.39 is 11.1 Å². The third kappa shape index (κ3) is 2.94. The van der Waals surface area contributed by atoms with Crippen LogP contribution in [0.4, 0.5) is 0 Å². The Balaban J connectivity index is 2.36. The van der Waals surface area contributed by atoms with Gasteiger partial charge in [-0.25, -0.2) is 0 Å². The third-order valence-corrected chi connectivity index (χ3v) is 3.73. The first kappa shape index (κ1) is 13.6. The van der Waals surface area contributed by atoms with E-state index in [-0.39, 0.29) is 0 Å². The Kier molecular flexibility index (Phi) is 3.87. The zero-order valence-electron chi connectivity index (χ0n) is 10.6. The van der Waals surface area contributed by atoms with Crippen LogP contribution in [0.25, 0.3) is 0 Å². The SMILES string of the molecule is Cc1cc(Sc2nc(=O)c(=O)[nH]n2C)ccc1CN. The lowest BCUT2D eigenvalue weighted by Crippen LogP contribution is -2.33. The van der Waals surface area contributed by atoms with E-state index in [0.29, 0.717) is 11.7 Å². The van der Waals surface area contributed by atoms with E-state index in [1.807, 2.05) is 25.1 Å². The molecule has 19 heavy (non-hydrogen) atoms. The Hall–Kier alpha value is -1.86. The minimum absolute atomic E-state index is 0.435. The standard InChI is InChI=1S/C12H14N4O2S/c1-7-5-9(4-3-8(7)6-13)19-12-14-10(17)11(18)15-16(12)2/h3-5H,6,13H2,1-2H3,(H,15,18). The number of nitrogens with two attached hydrogens (primary N) is 1. The van der Waals surface area contributed by atoms with Crippen LogP contribution in [-0.4, -0.2) is 14.8 Å². The summed E-state index contributed by atoms with van der Waals surface area (Å²) in [4.78, 5) is 27.0. The number of aromatic amines is 1. The van der Waals surface area contributed by atoms with Crippen molar-refractivity contribution in [2.75, 3.05) is 0 Å². The van der Waals surface area contributed by atoms with E-state index >= 15 is 0 Å². The van der Waals surface area contributed by atoms with E-state index in [2.05, 4.69) is 10.1 Å². The number of nitrogens with one attached hydrogen (secondary N) is 1. The minimum Gasteiger partial charge on any atom is -0.326 e. The number of aromatic nitrogens is 3. The van der Waals surface area contributed by atoms with Crippen molar-refractivity contribution in [1.29, 1.82) is 0 Å². The van der Waals surface area contributed by atoms with Crippen molar-refractivity contribution in [3.63, 3.8) is 0 Å². The van der Waals surface area contributed by atoms with Gasteiger partial charge in [-0.05, 0) is 30.2 Å². The Labute approximate surface area is 113 Å². The zero-order valence-corrected chi connectivity index (χ0v) is 11.5. The third-order valence-electron chi connectivity index (χ3n) is 2.69. The van der Waals surface area contributed by atoms with Gasteiger partial charge in [-0.15, -0.1) is 0 Å². The van der Waals surface area contributed by atoms with Gasteiger partial charge >= 0.3 is 11.1 Å². The highest BCUT2D eigenvalue weighted by molar-refractivity contribution is 7.99. The average Bonchev–Trinajstić information content (AvgIpc) is 2.36. The molecular weight excluding hydrogens is 264 g/mol. The first-order valence-electron chi connectivity index (χ1n) is 5.66. The highest BCUT2D eigenvalue weighted by Crippen LogP contribution is 2.26. The van der Waals surface area contributed by atoms with Gasteiger partial charge in [0.2, 0.25) is 0 Å². The van der Waals surface area contributed by atoms with Gasteiger partial charge in [-0.1, -0.05) is 17.8 Å². The van der Waals surface area contributed by atoms with E-state index in [4.69, 9.17) is 5.73 Å². The van der Waals surface area contributed by atoms with Crippen molar-refractivity contribution in [3.05, 3.63) is 50.0 Å². The molecule has 0 aliphatic carbocycles. The maximum atomic E-state index is 11.3. The highest BCUT2D eigenvalue weighted by Gasteiger charge is 2.07. The van der Waals surface area contributed by atoms with Gasteiger partial charge in [0.15, 0.2) is 5.16 Å². The summed E-state index contributed by atoms with van der Waals surface area (Å²) < 4.78 is 1.43. The lowest BCUT2D eigenvalue weighted by Gasteiger charge is -2.08. The lowest BCUT2D eigenvalue weighted by atomic mass is 10.1. The predicted octanol–water partition coefficient (Wildman–Crippen LogP) is 0.387. The molecule has 2 rings (SSSR count). The number of H-pyrrole nitrogens is 1. The van der Waals surface area contributed by atoms with Crippen LogP contribution in [0.1, 0.15) is 11.1 Å². The molecule has 0 saturated carbocycles. The first-order valence-corrected chi connectivity index (χ1v) is 6.47. The second-order valence-corrected chi connectivity index (χ2v) is 5.13. The molecule has 1 aromatic heterocycles. The molecule has 0 aliphatic rings. The first-order chi connectivity index (χ1) is 9.01. The van der Waals surface area contributed by atoms with Crippen molar-refractivity contribution in [2.24, 2.45) is 12.8 Å². The average molecular weight is 278 g/mol. The molecule has 1 aromatic carbocycles. The Bertz CT molecular complexity index is 720. The summed E-state index contributed by atoms with van der Waals surface area (Å²) in [6.07, 6.45) is 0. The molecule has 7 heteroatoms. The van der Waals surface area contributed by atoms with E-state index in [9.17, 15) is 9.59 Å². The Morgan fingerprint density at radius 1 is 1.42 bits per heavy atom. The van der Waals surface area contributed by atoms with Crippen LogP contribution in [0.5, 0.6) is 0 Å². The summed E-state index contributed by atoms with van der Waals surface area (Å²) in [5, 5.41) is 2.84. The van der Waals surface area contributed by atoms with E-state index in [0.717, 1.165) is 16.0 Å². The quantitative estimate of drug-likeness (QED) is 0.792. The van der Waals surface area contributed by atoms with Gasteiger partial charge in [0.25, 0.3) is 0 Å². The Morgan fingerprint density at radius 2 is 2.16 bits per heavy atom. The normalized spacial score (nSPS) is 10.7. The van der Waals surface area contributed by atoms with Crippen LogP contribution in [0, 0.1) is 6.92 Å². The summed E-state index contributed by atoms with van der Waals surface area (Å²) in [7, 11) is 1.64. The van der Waals surface area contributed by atoms with Gasteiger partial charge in [0.05, 0.1) is 0 Å². The van der Waals surface area contributed by atoms with Crippen LogP contribution in [-0.2, 0) is 13.6 Å². The van der Waals surface area contributed by atoms with Gasteiger partial charge in [0, 0.05) is 18.5 Å². The molecule has 0 radical (unpaired) electrons. The number of nitrogens with zero attached hydrogens (tertiary/aromatic N) is 2. The van der Waals surface area contributed by atoms with E-state index in [1.165, 1.54) is 16.4 Å². The predicted molar refractivity (Wildman–Crippen MR) is 73.3 cm³/mol. The fraction of sp³-hybridized carbons (Fsp3) is 0.250. The van der Waals surface area contributed by atoms with E-state index in [1.54, 1.807) is 7.05 Å². The molecule has 0 fully saturated rings. The fourth-order valence-electron chi connectivity index (χ4n) is 1.62. The molecule has 1 heterocycles. The maximum Gasteiger partial charge on any atom is 0.339 e. The lowest BCUT2D eigenvalue weighted by molar-refractivity contribution is 0.596. The second kappa shape index (κ2) is 5.41. The van der Waals surface area contributed by atoms with Crippen LogP contribution in [0.15, 0.2) is 37.8 Å². The molecule has 0 saturated heterocycles. The molecule has 3 N–H and O–H groups in total. The molecule has 0 bridgehead atoms. The van der Waals surface area contributed by atoms with Crippen LogP contribution in [0.2, 0.25) is 0 Å². The van der Waals surface area contributed by atoms with Crippen LogP contribution >= 0.6 is 11.8 Å². The van der Waals surface area contributed by atoms with Crippen molar-refractivity contribution in [1.82, 2.24) is 14.8 Å². The molecule has 6 nitrogen and oxygen atoms in total. The molecule has 0 spiro atoms. The van der Waals surface area contributed by atoms with Crippen molar-refractivity contribution in [3.8, 4) is 0 Å².